The third kappa shape index (κ3) is 4.43. The molecule has 3 N–H and O–H groups in total. The Labute approximate surface area is 186 Å². The summed E-state index contributed by atoms with van der Waals surface area (Å²) in [6, 6.07) is 3.87. The van der Waals surface area contributed by atoms with E-state index in [2.05, 4.69) is 20.2 Å². The van der Waals surface area contributed by atoms with Gasteiger partial charge in [-0.2, -0.15) is 0 Å². The number of piperidine rings is 2. The minimum absolute atomic E-state index is 0.0306. The summed E-state index contributed by atoms with van der Waals surface area (Å²) in [5.74, 6) is 0.420. The van der Waals surface area contributed by atoms with Gasteiger partial charge in [0.1, 0.15) is 16.2 Å². The third-order valence-corrected chi connectivity index (χ3v) is 7.50. The van der Waals surface area contributed by atoms with Crippen LogP contribution in [0.2, 0.25) is 0 Å². The van der Waals surface area contributed by atoms with Crippen molar-refractivity contribution >= 4 is 34.1 Å². The van der Waals surface area contributed by atoms with Crippen molar-refractivity contribution < 1.29 is 9.59 Å². The highest BCUT2D eigenvalue weighted by Crippen LogP contribution is 2.33. The molecule has 2 amide bonds. The number of thiazole rings is 1. The maximum Gasteiger partial charge on any atom is 0.265 e. The van der Waals surface area contributed by atoms with E-state index in [0.29, 0.717) is 47.5 Å². The van der Waals surface area contributed by atoms with Gasteiger partial charge >= 0.3 is 0 Å². The molecule has 4 heterocycles. The predicted octanol–water partition coefficient (Wildman–Crippen LogP) is 2.84. The largest absolute Gasteiger partial charge is 0.368 e. The lowest BCUT2D eigenvalue weighted by Crippen LogP contribution is -2.63. The molecule has 2 fully saturated rings. The van der Waals surface area contributed by atoms with E-state index in [1.54, 1.807) is 6.20 Å². The Balaban J connectivity index is 1.45. The number of rotatable bonds is 5. The number of nitrogens with one attached hydrogen (secondary N) is 1. The van der Waals surface area contributed by atoms with E-state index in [1.165, 1.54) is 17.8 Å². The first-order valence-corrected chi connectivity index (χ1v) is 11.7. The highest BCUT2D eigenvalue weighted by Gasteiger charge is 2.46. The number of aromatic nitrogens is 2. The summed E-state index contributed by atoms with van der Waals surface area (Å²) >= 11 is 1.34. The molecule has 0 bridgehead atoms. The highest BCUT2D eigenvalue weighted by atomic mass is 32.1. The zero-order valence-electron chi connectivity index (χ0n) is 18.2. The van der Waals surface area contributed by atoms with Crippen molar-refractivity contribution in [2.45, 2.75) is 51.5 Å². The normalized spacial score (nSPS) is 19.2. The molecule has 2 aliphatic heterocycles. The van der Waals surface area contributed by atoms with Crippen LogP contribution >= 0.6 is 11.3 Å². The second kappa shape index (κ2) is 8.92. The number of likely N-dealkylation sites (tertiary alicyclic amines) is 2. The van der Waals surface area contributed by atoms with Gasteiger partial charge in [0.2, 0.25) is 5.91 Å². The fraction of sp³-hybridized carbons (Fsp3) is 0.545. The molecule has 0 unspecified atom stereocenters. The average molecular weight is 443 g/mol. The predicted molar refractivity (Wildman–Crippen MR) is 122 cm³/mol. The molecule has 0 saturated carbocycles. The SMILES string of the molecule is Cc1ccnc(Nc2nc(C)c(C(=O)N3CCC(C(N)=O)(N4CCCCC4)CC3)s2)c1. The molecule has 2 saturated heterocycles. The molecule has 0 aliphatic carbocycles. The maximum atomic E-state index is 13.2. The van der Waals surface area contributed by atoms with Crippen LogP contribution in [0.1, 0.15) is 53.0 Å². The van der Waals surface area contributed by atoms with Gasteiger partial charge in [0, 0.05) is 19.3 Å². The van der Waals surface area contributed by atoms with Crippen LogP contribution in [-0.2, 0) is 4.79 Å². The fourth-order valence-corrected chi connectivity index (χ4v) is 5.57. The molecule has 9 heteroatoms. The van der Waals surface area contributed by atoms with Crippen molar-refractivity contribution in [1.29, 1.82) is 0 Å². The number of nitrogens with two attached hydrogens (primary N) is 1. The summed E-state index contributed by atoms with van der Waals surface area (Å²) in [5, 5.41) is 3.84. The Morgan fingerprint density at radius 1 is 1.13 bits per heavy atom. The van der Waals surface area contributed by atoms with E-state index in [1.807, 2.05) is 30.9 Å². The lowest BCUT2D eigenvalue weighted by atomic mass is 9.83. The number of anilines is 2. The first-order chi connectivity index (χ1) is 14.9. The van der Waals surface area contributed by atoms with Crippen LogP contribution in [0.3, 0.4) is 0 Å². The van der Waals surface area contributed by atoms with Crippen LogP contribution in [0.4, 0.5) is 10.9 Å². The molecule has 8 nitrogen and oxygen atoms in total. The Bertz CT molecular complexity index is 961. The molecule has 2 aromatic heterocycles. The van der Waals surface area contributed by atoms with Crippen molar-refractivity contribution in [2.75, 3.05) is 31.5 Å². The van der Waals surface area contributed by atoms with Crippen molar-refractivity contribution in [1.82, 2.24) is 19.8 Å². The molecule has 0 radical (unpaired) electrons. The summed E-state index contributed by atoms with van der Waals surface area (Å²) in [6.45, 7) is 6.72. The van der Waals surface area contributed by atoms with Crippen molar-refractivity contribution in [2.24, 2.45) is 5.73 Å². The molecule has 166 valence electrons. The zero-order valence-corrected chi connectivity index (χ0v) is 19.0. The second-order valence-corrected chi connectivity index (χ2v) is 9.51. The van der Waals surface area contributed by atoms with E-state index < -0.39 is 5.54 Å². The van der Waals surface area contributed by atoms with Gasteiger partial charge in [-0.05, 0) is 70.3 Å². The van der Waals surface area contributed by atoms with E-state index in [4.69, 9.17) is 5.73 Å². The Hall–Kier alpha value is -2.52. The number of amides is 2. The topological polar surface area (TPSA) is 104 Å². The molecule has 2 aromatic rings. The zero-order chi connectivity index (χ0) is 22.0. The number of hydrogen-bond donors (Lipinski definition) is 2. The molecular weight excluding hydrogens is 412 g/mol. The molecule has 0 atom stereocenters. The number of pyridine rings is 1. The van der Waals surface area contributed by atoms with Gasteiger partial charge in [0.25, 0.3) is 5.91 Å². The Kier molecular flexibility index (Phi) is 6.24. The van der Waals surface area contributed by atoms with Crippen LogP contribution in [0.15, 0.2) is 18.3 Å². The number of carbonyl (C=O) groups excluding carboxylic acids is 2. The van der Waals surface area contributed by atoms with Gasteiger partial charge in [-0.3, -0.25) is 14.5 Å². The van der Waals surface area contributed by atoms with Gasteiger partial charge in [-0.15, -0.1) is 0 Å². The Morgan fingerprint density at radius 3 is 2.48 bits per heavy atom. The Morgan fingerprint density at radius 2 is 1.84 bits per heavy atom. The number of carbonyl (C=O) groups is 2. The molecule has 0 spiro atoms. The van der Waals surface area contributed by atoms with Crippen LogP contribution in [0, 0.1) is 13.8 Å². The van der Waals surface area contributed by atoms with E-state index in [9.17, 15) is 9.59 Å². The van der Waals surface area contributed by atoms with Gasteiger partial charge < -0.3 is 16.0 Å². The molecule has 2 aliphatic rings. The van der Waals surface area contributed by atoms with E-state index >= 15 is 0 Å². The summed E-state index contributed by atoms with van der Waals surface area (Å²) in [7, 11) is 0. The van der Waals surface area contributed by atoms with Crippen LogP contribution in [0.25, 0.3) is 0 Å². The quantitative estimate of drug-likeness (QED) is 0.738. The molecular formula is C22H30N6O2S. The van der Waals surface area contributed by atoms with E-state index in [0.717, 1.165) is 31.5 Å². The van der Waals surface area contributed by atoms with Gasteiger partial charge in [0.15, 0.2) is 5.13 Å². The third-order valence-electron chi connectivity index (χ3n) is 6.44. The minimum Gasteiger partial charge on any atom is -0.368 e. The number of nitrogens with zero attached hydrogens (tertiary/aromatic N) is 4. The standard InChI is InChI=1S/C22H30N6O2S/c1-15-6-9-24-17(14-15)26-21-25-16(2)18(31-21)19(29)27-12-7-22(8-13-27,20(23)30)28-10-4-3-5-11-28/h6,9,14H,3-5,7-8,10-13H2,1-2H3,(H2,23,30)(H,24,25,26). The second-order valence-electron chi connectivity index (χ2n) is 8.51. The average Bonchev–Trinajstić information content (AvgIpc) is 3.13. The fourth-order valence-electron chi connectivity index (χ4n) is 4.63. The first kappa shape index (κ1) is 21.7. The summed E-state index contributed by atoms with van der Waals surface area (Å²) in [5.41, 5.74) is 7.05. The highest BCUT2D eigenvalue weighted by molar-refractivity contribution is 7.17. The summed E-state index contributed by atoms with van der Waals surface area (Å²) in [4.78, 5) is 39.2. The minimum atomic E-state index is -0.622. The number of aryl methyl sites for hydroxylation is 2. The molecule has 0 aromatic carbocycles. The summed E-state index contributed by atoms with van der Waals surface area (Å²) in [6.07, 6.45) is 6.32. The van der Waals surface area contributed by atoms with Crippen molar-refractivity contribution in [3.63, 3.8) is 0 Å². The molecule has 4 rings (SSSR count). The smallest absolute Gasteiger partial charge is 0.265 e. The van der Waals surface area contributed by atoms with Gasteiger partial charge in [-0.1, -0.05) is 17.8 Å². The summed E-state index contributed by atoms with van der Waals surface area (Å²) < 4.78 is 0. The van der Waals surface area contributed by atoms with Gasteiger partial charge in [-0.25, -0.2) is 9.97 Å². The first-order valence-electron chi connectivity index (χ1n) is 10.9. The van der Waals surface area contributed by atoms with Crippen LogP contribution in [0.5, 0.6) is 0 Å². The van der Waals surface area contributed by atoms with E-state index in [-0.39, 0.29) is 11.8 Å². The monoisotopic (exact) mass is 442 g/mol. The van der Waals surface area contributed by atoms with Gasteiger partial charge in [0.05, 0.1) is 5.69 Å². The number of hydrogen-bond acceptors (Lipinski definition) is 7. The van der Waals surface area contributed by atoms with Crippen molar-refractivity contribution in [3.05, 3.63) is 34.5 Å². The van der Waals surface area contributed by atoms with Crippen molar-refractivity contribution in [3.8, 4) is 0 Å². The van der Waals surface area contributed by atoms with Crippen LogP contribution in [-0.4, -0.2) is 63.3 Å². The maximum absolute atomic E-state index is 13.2. The lowest BCUT2D eigenvalue weighted by Gasteiger charge is -2.48. The lowest BCUT2D eigenvalue weighted by molar-refractivity contribution is -0.134. The number of primary amides is 1. The molecule has 31 heavy (non-hydrogen) atoms. The van der Waals surface area contributed by atoms with Crippen LogP contribution < -0.4 is 11.1 Å².